The average molecular weight is 378 g/mol. The maximum atomic E-state index is 14.1. The van der Waals surface area contributed by atoms with Gasteiger partial charge in [-0.05, 0) is 31.5 Å². The van der Waals surface area contributed by atoms with Gasteiger partial charge in [-0.1, -0.05) is 0 Å². The molecule has 2 aliphatic heterocycles. The highest BCUT2D eigenvalue weighted by molar-refractivity contribution is 5.24. The van der Waals surface area contributed by atoms with E-state index in [1.165, 1.54) is 0 Å². The van der Waals surface area contributed by atoms with Crippen LogP contribution in [-0.2, 0) is 24.4 Å². The molecule has 0 bridgehead atoms. The molecular formula is C19H24F2N4O2. The quantitative estimate of drug-likeness (QED) is 0.847. The fourth-order valence-corrected chi connectivity index (χ4v) is 4.01. The first-order valence-electron chi connectivity index (χ1n) is 9.20. The number of aliphatic hydroxyl groups excluding tert-OH is 1. The van der Waals surface area contributed by atoms with E-state index < -0.39 is 29.9 Å². The zero-order valence-corrected chi connectivity index (χ0v) is 15.2. The molecule has 3 N–H and O–H groups in total. The first-order valence-corrected chi connectivity index (χ1v) is 9.20. The molecule has 146 valence electrons. The zero-order valence-electron chi connectivity index (χ0n) is 15.2. The molecule has 2 aliphatic rings. The predicted octanol–water partition coefficient (Wildman–Crippen LogP) is 1.72. The number of hydrogen-bond donors (Lipinski definition) is 2. The Balaban J connectivity index is 1.40. The van der Waals surface area contributed by atoms with Crippen LogP contribution in [0.3, 0.4) is 0 Å². The Morgan fingerprint density at radius 3 is 2.89 bits per heavy atom. The van der Waals surface area contributed by atoms with Crippen LogP contribution in [0.15, 0.2) is 24.4 Å². The molecule has 0 spiro atoms. The van der Waals surface area contributed by atoms with E-state index in [0.29, 0.717) is 26.1 Å². The third-order valence-electron chi connectivity index (χ3n) is 5.28. The maximum absolute atomic E-state index is 14.1. The fourth-order valence-electron chi connectivity index (χ4n) is 4.01. The molecule has 0 unspecified atom stereocenters. The van der Waals surface area contributed by atoms with Gasteiger partial charge in [0.2, 0.25) is 0 Å². The number of benzene rings is 1. The van der Waals surface area contributed by atoms with Crippen LogP contribution in [0.2, 0.25) is 0 Å². The van der Waals surface area contributed by atoms with E-state index in [0.717, 1.165) is 36.0 Å². The van der Waals surface area contributed by atoms with Crippen LogP contribution >= 0.6 is 0 Å². The van der Waals surface area contributed by atoms with Crippen LogP contribution in [0.4, 0.5) is 8.78 Å². The number of nitrogens with two attached hydrogens (primary N) is 1. The lowest BCUT2D eigenvalue weighted by Gasteiger charge is -2.38. The van der Waals surface area contributed by atoms with Gasteiger partial charge in [-0.25, -0.2) is 8.78 Å². The summed E-state index contributed by atoms with van der Waals surface area (Å²) in [5, 5.41) is 14.0. The van der Waals surface area contributed by atoms with Crippen molar-refractivity contribution in [3.8, 4) is 0 Å². The Morgan fingerprint density at radius 1 is 1.37 bits per heavy atom. The van der Waals surface area contributed by atoms with Crippen molar-refractivity contribution in [3.05, 3.63) is 52.9 Å². The normalized spacial score (nSPS) is 26.9. The van der Waals surface area contributed by atoms with E-state index in [1.807, 2.05) is 6.20 Å². The van der Waals surface area contributed by atoms with Gasteiger partial charge in [0.15, 0.2) is 0 Å². The van der Waals surface area contributed by atoms with Crippen molar-refractivity contribution in [2.45, 2.75) is 57.3 Å². The van der Waals surface area contributed by atoms with Crippen molar-refractivity contribution in [1.29, 1.82) is 0 Å². The van der Waals surface area contributed by atoms with Gasteiger partial charge in [-0.2, -0.15) is 5.10 Å². The van der Waals surface area contributed by atoms with Crippen LogP contribution in [0.5, 0.6) is 0 Å². The van der Waals surface area contributed by atoms with Gasteiger partial charge in [0.05, 0.1) is 24.9 Å². The molecule has 1 saturated heterocycles. The summed E-state index contributed by atoms with van der Waals surface area (Å²) in [6.07, 6.45) is 1.53. The van der Waals surface area contributed by atoms with E-state index in [-0.39, 0.29) is 11.6 Å². The summed E-state index contributed by atoms with van der Waals surface area (Å²) in [5.74, 6) is -0.993. The van der Waals surface area contributed by atoms with Crippen molar-refractivity contribution in [3.63, 3.8) is 0 Å². The Hall–Kier alpha value is -1.87. The third kappa shape index (κ3) is 3.75. The Labute approximate surface area is 156 Å². The minimum absolute atomic E-state index is 0.104. The molecule has 3 heterocycles. The van der Waals surface area contributed by atoms with Gasteiger partial charge in [-0.3, -0.25) is 9.58 Å². The summed E-state index contributed by atoms with van der Waals surface area (Å²) in [6.45, 7) is 4.06. The molecule has 0 aliphatic carbocycles. The summed E-state index contributed by atoms with van der Waals surface area (Å²) in [6, 6.07) is 3.05. The molecular weight excluding hydrogens is 354 g/mol. The van der Waals surface area contributed by atoms with Gasteiger partial charge < -0.3 is 15.6 Å². The van der Waals surface area contributed by atoms with Gasteiger partial charge in [0.25, 0.3) is 0 Å². The molecule has 1 aromatic heterocycles. The van der Waals surface area contributed by atoms with E-state index in [2.05, 4.69) is 10.00 Å². The zero-order chi connectivity index (χ0) is 19.1. The van der Waals surface area contributed by atoms with E-state index >= 15 is 0 Å². The molecule has 2 aromatic rings. The second-order valence-corrected chi connectivity index (χ2v) is 7.55. The standard InChI is InChI=1S/C19H24F2N4O2/c1-11(26)6-25-8-12-7-24(9-18(12)23-25)14-5-17(22)19(27-10-14)15-4-13(20)2-3-16(15)21/h2-4,8,11,14,17,19,26H,5-7,9-10,22H2,1H3/t11-,14+,17-,19+/m0/s1. The highest BCUT2D eigenvalue weighted by atomic mass is 19.1. The smallest absolute Gasteiger partial charge is 0.129 e. The number of rotatable bonds is 4. The lowest BCUT2D eigenvalue weighted by molar-refractivity contribution is -0.0533. The van der Waals surface area contributed by atoms with Gasteiger partial charge in [0.1, 0.15) is 17.7 Å². The van der Waals surface area contributed by atoms with Crippen LogP contribution in [0.1, 0.15) is 36.3 Å². The second-order valence-electron chi connectivity index (χ2n) is 7.55. The molecule has 0 amide bonds. The number of nitrogens with zero attached hydrogens (tertiary/aromatic N) is 3. The molecule has 27 heavy (non-hydrogen) atoms. The minimum Gasteiger partial charge on any atom is -0.391 e. The summed E-state index contributed by atoms with van der Waals surface area (Å²) in [7, 11) is 0. The number of ether oxygens (including phenoxy) is 1. The van der Waals surface area contributed by atoms with Gasteiger partial charge in [0, 0.05) is 42.5 Å². The van der Waals surface area contributed by atoms with Gasteiger partial charge >= 0.3 is 0 Å². The molecule has 6 nitrogen and oxygen atoms in total. The van der Waals surface area contributed by atoms with E-state index in [1.54, 1.807) is 11.6 Å². The first kappa shape index (κ1) is 18.5. The number of aliphatic hydroxyl groups is 1. The summed E-state index contributed by atoms with van der Waals surface area (Å²) in [5.41, 5.74) is 8.58. The largest absolute Gasteiger partial charge is 0.391 e. The van der Waals surface area contributed by atoms with Crippen LogP contribution in [0, 0.1) is 11.6 Å². The van der Waals surface area contributed by atoms with E-state index in [4.69, 9.17) is 10.5 Å². The minimum atomic E-state index is -0.642. The van der Waals surface area contributed by atoms with Crippen LogP contribution in [0.25, 0.3) is 0 Å². The van der Waals surface area contributed by atoms with E-state index in [9.17, 15) is 13.9 Å². The molecule has 1 aromatic carbocycles. The average Bonchev–Trinajstić information content (AvgIpc) is 3.15. The Kier molecular flexibility index (Phi) is 4.98. The predicted molar refractivity (Wildman–Crippen MR) is 94.6 cm³/mol. The third-order valence-corrected chi connectivity index (χ3v) is 5.28. The number of halogens is 2. The summed E-state index contributed by atoms with van der Waals surface area (Å²) < 4.78 is 35.2. The lowest BCUT2D eigenvalue weighted by atomic mass is 9.93. The Morgan fingerprint density at radius 2 is 2.19 bits per heavy atom. The lowest BCUT2D eigenvalue weighted by Crippen LogP contribution is -2.47. The fraction of sp³-hybridized carbons (Fsp3) is 0.526. The number of fused-ring (bicyclic) bond motifs is 1. The van der Waals surface area contributed by atoms with Crippen molar-refractivity contribution in [1.82, 2.24) is 14.7 Å². The first-order chi connectivity index (χ1) is 12.9. The van der Waals surface area contributed by atoms with Crippen molar-refractivity contribution in [2.75, 3.05) is 6.61 Å². The molecule has 0 radical (unpaired) electrons. The highest BCUT2D eigenvalue weighted by Gasteiger charge is 2.37. The van der Waals surface area contributed by atoms with Crippen molar-refractivity contribution in [2.24, 2.45) is 5.73 Å². The molecule has 4 rings (SSSR count). The second kappa shape index (κ2) is 7.27. The van der Waals surface area contributed by atoms with Gasteiger partial charge in [-0.15, -0.1) is 0 Å². The van der Waals surface area contributed by atoms with Crippen LogP contribution < -0.4 is 5.73 Å². The number of hydrogen-bond acceptors (Lipinski definition) is 5. The SMILES string of the molecule is C[C@H](O)Cn1cc2c(n1)CN([C@H]1CO[C@H](c3cc(F)ccc3F)[C@@H](N)C1)C2. The molecule has 1 fully saturated rings. The molecule has 4 atom stereocenters. The number of aromatic nitrogens is 2. The van der Waals surface area contributed by atoms with Crippen molar-refractivity contribution < 1.29 is 18.6 Å². The van der Waals surface area contributed by atoms with Crippen LogP contribution in [-0.4, -0.2) is 44.6 Å². The molecule has 0 saturated carbocycles. The summed E-state index contributed by atoms with van der Waals surface area (Å²) in [4.78, 5) is 2.25. The van der Waals surface area contributed by atoms with Crippen molar-refractivity contribution >= 4 is 0 Å². The molecule has 8 heteroatoms. The Bertz CT molecular complexity index is 803. The maximum Gasteiger partial charge on any atom is 0.129 e. The monoisotopic (exact) mass is 378 g/mol. The summed E-state index contributed by atoms with van der Waals surface area (Å²) >= 11 is 0. The highest BCUT2D eigenvalue weighted by Crippen LogP contribution is 2.34. The topological polar surface area (TPSA) is 76.5 Å².